The zero-order valence-electron chi connectivity index (χ0n) is 12.7. The third-order valence-corrected chi connectivity index (χ3v) is 3.43. The molecular formula is C16H27NO2. The van der Waals surface area contributed by atoms with E-state index in [1.807, 2.05) is 13.0 Å². The summed E-state index contributed by atoms with van der Waals surface area (Å²) in [4.78, 5) is 0. The molecule has 19 heavy (non-hydrogen) atoms. The van der Waals surface area contributed by atoms with Crippen molar-refractivity contribution < 1.29 is 9.84 Å². The summed E-state index contributed by atoms with van der Waals surface area (Å²) >= 11 is 0. The van der Waals surface area contributed by atoms with Crippen LogP contribution in [0, 0.1) is 0 Å². The Morgan fingerprint density at radius 3 is 2.47 bits per heavy atom. The lowest BCUT2D eigenvalue weighted by atomic mass is 9.95. The molecule has 0 aliphatic heterocycles. The molecule has 0 amide bonds. The zero-order valence-corrected chi connectivity index (χ0v) is 12.7. The minimum Gasteiger partial charge on any atom is -0.496 e. The molecule has 2 unspecified atom stereocenters. The van der Waals surface area contributed by atoms with E-state index in [2.05, 4.69) is 38.2 Å². The Bertz CT molecular complexity index is 390. The molecule has 2 N–H and O–H groups in total. The lowest BCUT2D eigenvalue weighted by molar-refractivity contribution is 0.133. The van der Waals surface area contributed by atoms with Crippen LogP contribution in [0.4, 0.5) is 0 Å². The van der Waals surface area contributed by atoms with Gasteiger partial charge in [-0.3, -0.25) is 0 Å². The highest BCUT2D eigenvalue weighted by Crippen LogP contribution is 2.30. The fraction of sp³-hybridized carbons (Fsp3) is 0.625. The molecule has 1 rings (SSSR count). The van der Waals surface area contributed by atoms with Gasteiger partial charge in [-0.2, -0.15) is 0 Å². The molecule has 0 aliphatic rings. The molecule has 0 saturated carbocycles. The maximum absolute atomic E-state index is 10.5. The summed E-state index contributed by atoms with van der Waals surface area (Å²) in [5.74, 6) is 1.19. The van der Waals surface area contributed by atoms with Crippen molar-refractivity contribution in [2.24, 2.45) is 0 Å². The summed E-state index contributed by atoms with van der Waals surface area (Å²) in [6, 6.07) is 6.07. The lowest BCUT2D eigenvalue weighted by Gasteiger charge is -2.23. The molecule has 0 radical (unpaired) electrons. The van der Waals surface area contributed by atoms with Gasteiger partial charge in [0.1, 0.15) is 5.75 Å². The van der Waals surface area contributed by atoms with E-state index in [-0.39, 0.29) is 6.04 Å². The van der Waals surface area contributed by atoms with Crippen molar-refractivity contribution >= 4 is 0 Å². The monoisotopic (exact) mass is 265 g/mol. The normalized spacial score (nSPS) is 14.5. The van der Waals surface area contributed by atoms with Crippen LogP contribution in [0.3, 0.4) is 0 Å². The zero-order chi connectivity index (χ0) is 14.4. The first-order valence-corrected chi connectivity index (χ1v) is 7.10. The quantitative estimate of drug-likeness (QED) is 0.795. The van der Waals surface area contributed by atoms with Crippen molar-refractivity contribution in [3.63, 3.8) is 0 Å². The molecule has 3 heteroatoms. The number of nitrogens with one attached hydrogen (secondary N) is 1. The second kappa shape index (κ2) is 7.51. The highest BCUT2D eigenvalue weighted by Gasteiger charge is 2.20. The van der Waals surface area contributed by atoms with Gasteiger partial charge in [0.2, 0.25) is 0 Å². The van der Waals surface area contributed by atoms with Gasteiger partial charge in [0.05, 0.1) is 13.2 Å². The minimum absolute atomic E-state index is 0.0104. The molecule has 0 saturated heterocycles. The molecule has 0 aliphatic carbocycles. The Labute approximate surface area is 117 Å². The average molecular weight is 265 g/mol. The Hall–Kier alpha value is -1.06. The first-order chi connectivity index (χ1) is 9.01. The molecule has 3 nitrogen and oxygen atoms in total. The number of aliphatic hydroxyl groups excluding tert-OH is 1. The molecule has 2 atom stereocenters. The number of rotatable bonds is 7. The summed E-state index contributed by atoms with van der Waals surface area (Å²) < 4.78 is 5.37. The number of methoxy groups -OCH3 is 1. The van der Waals surface area contributed by atoms with Gasteiger partial charge in [-0.15, -0.1) is 0 Å². The predicted molar refractivity (Wildman–Crippen MR) is 79.8 cm³/mol. The third-order valence-electron chi connectivity index (χ3n) is 3.43. The molecule has 0 spiro atoms. The number of ether oxygens (including phenoxy) is 1. The molecule has 0 heterocycles. The second-order valence-corrected chi connectivity index (χ2v) is 5.34. The molecule has 0 fully saturated rings. The second-order valence-electron chi connectivity index (χ2n) is 5.34. The highest BCUT2D eigenvalue weighted by molar-refractivity contribution is 5.40. The van der Waals surface area contributed by atoms with Crippen LogP contribution in [0.25, 0.3) is 0 Å². The smallest absolute Gasteiger partial charge is 0.124 e. The molecule has 1 aromatic carbocycles. The van der Waals surface area contributed by atoms with E-state index in [4.69, 9.17) is 4.74 Å². The van der Waals surface area contributed by atoms with Crippen molar-refractivity contribution in [3.05, 3.63) is 29.3 Å². The van der Waals surface area contributed by atoms with Crippen LogP contribution in [-0.4, -0.2) is 24.8 Å². The van der Waals surface area contributed by atoms with E-state index >= 15 is 0 Å². The summed E-state index contributed by atoms with van der Waals surface area (Å²) in [5.41, 5.74) is 2.09. The van der Waals surface area contributed by atoms with Gasteiger partial charge in [0.25, 0.3) is 0 Å². The molecule has 0 aromatic heterocycles. The summed E-state index contributed by atoms with van der Waals surface area (Å²) in [7, 11) is 1.64. The number of hydrogen-bond acceptors (Lipinski definition) is 3. The van der Waals surface area contributed by atoms with E-state index in [0.717, 1.165) is 24.3 Å². The van der Waals surface area contributed by atoms with Gasteiger partial charge in [-0.25, -0.2) is 0 Å². The van der Waals surface area contributed by atoms with Crippen molar-refractivity contribution in [2.75, 3.05) is 13.7 Å². The SMILES string of the molecule is CCCNC(C)C(O)c1cc(C(C)C)ccc1OC. The number of hydrogen-bond donors (Lipinski definition) is 2. The Balaban J connectivity index is 2.98. The van der Waals surface area contributed by atoms with Crippen LogP contribution in [0.5, 0.6) is 5.75 Å². The standard InChI is InChI=1S/C16H27NO2/c1-6-9-17-12(4)16(18)14-10-13(11(2)3)7-8-15(14)19-5/h7-8,10-12,16-18H,6,9H2,1-5H3. The van der Waals surface area contributed by atoms with Crippen LogP contribution in [-0.2, 0) is 0 Å². The lowest BCUT2D eigenvalue weighted by Crippen LogP contribution is -2.32. The fourth-order valence-electron chi connectivity index (χ4n) is 2.10. The maximum atomic E-state index is 10.5. The van der Waals surface area contributed by atoms with Crippen molar-refractivity contribution in [2.45, 2.75) is 52.2 Å². The third kappa shape index (κ3) is 4.22. The fourth-order valence-corrected chi connectivity index (χ4v) is 2.10. The van der Waals surface area contributed by atoms with Crippen LogP contribution in [0.2, 0.25) is 0 Å². The van der Waals surface area contributed by atoms with Crippen LogP contribution >= 0.6 is 0 Å². The van der Waals surface area contributed by atoms with Gasteiger partial charge in [-0.05, 0) is 43.5 Å². The topological polar surface area (TPSA) is 41.5 Å². The van der Waals surface area contributed by atoms with E-state index in [1.54, 1.807) is 7.11 Å². The van der Waals surface area contributed by atoms with Gasteiger partial charge >= 0.3 is 0 Å². The van der Waals surface area contributed by atoms with Crippen LogP contribution < -0.4 is 10.1 Å². The largest absolute Gasteiger partial charge is 0.496 e. The summed E-state index contributed by atoms with van der Waals surface area (Å²) in [5, 5.41) is 13.8. The Morgan fingerprint density at radius 1 is 1.26 bits per heavy atom. The van der Waals surface area contributed by atoms with Gasteiger partial charge in [0, 0.05) is 11.6 Å². The first-order valence-electron chi connectivity index (χ1n) is 7.10. The van der Waals surface area contributed by atoms with Crippen LogP contribution in [0.1, 0.15) is 57.3 Å². The Morgan fingerprint density at radius 2 is 1.95 bits per heavy atom. The summed E-state index contributed by atoms with van der Waals surface area (Å²) in [6.45, 7) is 9.33. The predicted octanol–water partition coefficient (Wildman–Crippen LogP) is 3.24. The maximum Gasteiger partial charge on any atom is 0.124 e. The Kier molecular flexibility index (Phi) is 6.32. The van der Waals surface area contributed by atoms with Gasteiger partial charge < -0.3 is 15.2 Å². The summed E-state index contributed by atoms with van der Waals surface area (Å²) in [6.07, 6.45) is 0.500. The van der Waals surface area contributed by atoms with Crippen molar-refractivity contribution in [3.8, 4) is 5.75 Å². The van der Waals surface area contributed by atoms with Crippen molar-refractivity contribution in [1.29, 1.82) is 0 Å². The van der Waals surface area contributed by atoms with Gasteiger partial charge in [0.15, 0.2) is 0 Å². The van der Waals surface area contributed by atoms with Crippen molar-refractivity contribution in [1.82, 2.24) is 5.32 Å². The highest BCUT2D eigenvalue weighted by atomic mass is 16.5. The number of aliphatic hydroxyl groups is 1. The first kappa shape index (κ1) is 16.0. The minimum atomic E-state index is -0.555. The molecular weight excluding hydrogens is 238 g/mol. The van der Waals surface area contributed by atoms with Crippen LogP contribution in [0.15, 0.2) is 18.2 Å². The van der Waals surface area contributed by atoms with E-state index < -0.39 is 6.10 Å². The average Bonchev–Trinajstić information content (AvgIpc) is 2.42. The molecule has 1 aromatic rings. The van der Waals surface area contributed by atoms with Gasteiger partial charge in [-0.1, -0.05) is 26.8 Å². The molecule has 108 valence electrons. The number of benzene rings is 1. The molecule has 0 bridgehead atoms. The van der Waals surface area contributed by atoms with E-state index in [1.165, 1.54) is 5.56 Å². The van der Waals surface area contributed by atoms with E-state index in [0.29, 0.717) is 5.92 Å². The van der Waals surface area contributed by atoms with E-state index in [9.17, 15) is 5.11 Å².